The van der Waals surface area contributed by atoms with Crippen LogP contribution in [0.25, 0.3) is 17.2 Å². The first kappa shape index (κ1) is 60.9. The third-order valence-corrected chi connectivity index (χ3v) is 25.9. The van der Waals surface area contributed by atoms with Gasteiger partial charge >= 0.3 is 5.97 Å². The van der Waals surface area contributed by atoms with Crippen molar-refractivity contribution in [2.45, 2.75) is 137 Å². The van der Waals surface area contributed by atoms with Crippen molar-refractivity contribution in [3.63, 3.8) is 0 Å². The number of aromatic hydroxyl groups is 2. The molecule has 0 radical (unpaired) electrons. The summed E-state index contributed by atoms with van der Waals surface area (Å²) in [7, 11) is 7.25. The van der Waals surface area contributed by atoms with E-state index in [1.807, 2.05) is 27.7 Å². The summed E-state index contributed by atoms with van der Waals surface area (Å²) in [5.41, 5.74) is 18.7. The third-order valence-electron chi connectivity index (χ3n) is 22.9. The Morgan fingerprint density at radius 2 is 1.83 bits per heavy atom. The molecule has 2 saturated carbocycles. The Bertz CT molecular complexity index is 4090. The number of allylic oxidation sites excluding steroid dienone is 4. The number of aliphatic hydroxyl groups excluding tert-OH is 1. The molecule has 6 heterocycles. The molecule has 1 spiro atoms. The van der Waals surface area contributed by atoms with Crippen molar-refractivity contribution in [2.24, 2.45) is 40.7 Å². The number of esters is 1. The number of fused-ring (bicyclic) bond motifs is 14. The van der Waals surface area contributed by atoms with E-state index in [4.69, 9.17) is 29.4 Å². The van der Waals surface area contributed by atoms with Gasteiger partial charge in [-0.3, -0.25) is 4.79 Å². The van der Waals surface area contributed by atoms with E-state index >= 15 is 0 Å². The Kier molecular flexibility index (Phi) is 16.1. The number of nitrogens with two attached hydrogens (primary N) is 1. The number of aliphatic hydroxyl groups is 1. The summed E-state index contributed by atoms with van der Waals surface area (Å²) >= 11 is 0. The quantitative estimate of drug-likeness (QED) is 0.0337. The van der Waals surface area contributed by atoms with Crippen LogP contribution in [-0.2, 0) is 45.5 Å². The lowest BCUT2D eigenvalue weighted by molar-refractivity contribution is -0.141. The van der Waals surface area contributed by atoms with Crippen LogP contribution in [0.3, 0.4) is 0 Å². The molecule has 5 aromatic rings. The molecular weight excluding hydrogens is 1200 g/mol. The molecule has 1 saturated heterocycles. The molecule has 3 fully saturated rings. The molecule has 6 aliphatic heterocycles. The summed E-state index contributed by atoms with van der Waals surface area (Å²) in [6.07, 6.45) is 20.5. The summed E-state index contributed by atoms with van der Waals surface area (Å²) in [5, 5.41) is 49.1. The van der Waals surface area contributed by atoms with Crippen LogP contribution >= 0.6 is 21.6 Å². The highest BCUT2D eigenvalue weighted by molar-refractivity contribution is 8.77. The average molecular weight is 1280 g/mol. The van der Waals surface area contributed by atoms with Gasteiger partial charge in [0.2, 0.25) is 0 Å². The van der Waals surface area contributed by atoms with Gasteiger partial charge in [-0.1, -0.05) is 143 Å². The Balaban J connectivity index is 1.02. The lowest BCUT2D eigenvalue weighted by Crippen LogP contribution is -2.52. The Labute approximate surface area is 553 Å². The molecule has 8 N–H and O–H groups in total. The Morgan fingerprint density at radius 1 is 0.935 bits per heavy atom. The second-order valence-corrected chi connectivity index (χ2v) is 30.8. The molecule has 0 aromatic heterocycles. The molecule has 5 aromatic carbocycles. The SMILES string of the molecule is COC[C@@]12C=C[C@@H]3c4cccc(c4)C[C@H]4C5=C(C#C[C@@H](C#C[C@@H]31)c1c(c(O)c3c(c1[C@H]1Oc6c(ccc7c6[C@]6(CC[C@@H]4C6)Cc4cc(O)cc(OC)c4-7)[C@@H]1COC(C)=O)C=C[C@@H]1N[C@H]4CCC[C@@H](CSS[C@H](Cc6ccccc6)[C@H]1O3)C4)CNC[C@H]2CO)NC(N)C=C5. The first-order valence-electron chi connectivity index (χ1n) is 33.7. The number of hydrogen-bond acceptors (Lipinski definition) is 15. The van der Waals surface area contributed by atoms with Crippen LogP contribution in [0.2, 0.25) is 0 Å². The van der Waals surface area contributed by atoms with Crippen LogP contribution in [0.4, 0.5) is 0 Å². The Morgan fingerprint density at radius 3 is 2.68 bits per heavy atom. The fourth-order valence-corrected chi connectivity index (χ4v) is 21.9. The number of ether oxygens (including phenoxy) is 5. The van der Waals surface area contributed by atoms with Gasteiger partial charge in [0.05, 0.1) is 42.8 Å². The third kappa shape index (κ3) is 10.6. The van der Waals surface area contributed by atoms with E-state index in [0.717, 1.165) is 107 Å². The van der Waals surface area contributed by atoms with E-state index in [2.05, 4.69) is 143 Å². The largest absolute Gasteiger partial charge is 0.508 e. The lowest BCUT2D eigenvalue weighted by atomic mass is 9.64. The number of phenols is 2. The molecule has 0 amide bonds. The Hall–Kier alpha value is -7.05. The number of nitrogens with one attached hydrogen (secondary N) is 3. The molecule has 13 nitrogen and oxygen atoms in total. The van der Waals surface area contributed by atoms with Gasteiger partial charge < -0.3 is 60.7 Å². The molecule has 16 atom stereocenters. The van der Waals surface area contributed by atoms with Crippen LogP contribution < -0.4 is 35.9 Å². The van der Waals surface area contributed by atoms with Crippen molar-refractivity contribution in [2.75, 3.05) is 46.3 Å². The van der Waals surface area contributed by atoms with Crippen LogP contribution in [0.5, 0.6) is 28.7 Å². The first-order valence-corrected chi connectivity index (χ1v) is 36.1. The number of carbonyl (C=O) groups is 1. The van der Waals surface area contributed by atoms with Crippen LogP contribution in [0.15, 0.2) is 121 Å². The van der Waals surface area contributed by atoms with E-state index in [9.17, 15) is 20.1 Å². The van der Waals surface area contributed by atoms with Crippen molar-refractivity contribution >= 4 is 33.6 Å². The second-order valence-electron chi connectivity index (χ2n) is 28.2. The number of benzene rings is 5. The molecule has 93 heavy (non-hydrogen) atoms. The predicted molar refractivity (Wildman–Crippen MR) is 365 cm³/mol. The maximum absolute atomic E-state index is 14.0. The topological polar surface area (TPSA) is 186 Å². The van der Waals surface area contributed by atoms with Gasteiger partial charge in [-0.2, -0.15) is 0 Å². The molecule has 1 unspecified atom stereocenters. The molecule has 15 heteroatoms. The van der Waals surface area contributed by atoms with Crippen LogP contribution in [0, 0.1) is 58.7 Å². The van der Waals surface area contributed by atoms with Crippen LogP contribution in [-0.4, -0.2) is 97.2 Å². The number of rotatable bonds is 8. The molecule has 11 aliphatic rings. The van der Waals surface area contributed by atoms with Crippen molar-refractivity contribution in [3.8, 4) is 63.6 Å². The molecular formula is C78H82N4O9S2. The van der Waals surface area contributed by atoms with Gasteiger partial charge in [-0.15, -0.1) is 0 Å². The number of hydrogen-bond donors (Lipinski definition) is 7. The number of methoxy groups -OCH3 is 2. The van der Waals surface area contributed by atoms with Gasteiger partial charge in [-0.25, -0.2) is 0 Å². The molecule has 11 bridgehead atoms. The highest BCUT2D eigenvalue weighted by atomic mass is 33.1. The fraction of sp³-hybridized carbons (Fsp3) is 0.449. The zero-order chi connectivity index (χ0) is 63.3. The van der Waals surface area contributed by atoms with E-state index in [-0.39, 0.29) is 78.2 Å². The maximum atomic E-state index is 14.0. The van der Waals surface area contributed by atoms with Gasteiger partial charge in [0.25, 0.3) is 0 Å². The number of phenolic OH excluding ortho intramolecular Hbond substituents is 2. The zero-order valence-electron chi connectivity index (χ0n) is 53.1. The molecule has 5 aliphatic carbocycles. The average Bonchev–Trinajstić information content (AvgIpc) is 1.61. The van der Waals surface area contributed by atoms with Gasteiger partial charge in [0.15, 0.2) is 11.5 Å². The zero-order valence-corrected chi connectivity index (χ0v) is 54.7. The van der Waals surface area contributed by atoms with E-state index in [1.54, 1.807) is 20.3 Å². The summed E-state index contributed by atoms with van der Waals surface area (Å²) in [6, 6.07) is 27.8. The summed E-state index contributed by atoms with van der Waals surface area (Å²) in [5.74, 6) is 16.4. The lowest BCUT2D eigenvalue weighted by Gasteiger charge is -2.40. The van der Waals surface area contributed by atoms with Gasteiger partial charge in [-0.05, 0) is 133 Å². The first-order chi connectivity index (χ1) is 45.4. The van der Waals surface area contributed by atoms with Gasteiger partial charge in [0, 0.05) is 114 Å². The van der Waals surface area contributed by atoms with E-state index in [1.165, 1.54) is 24.5 Å². The molecule has 16 rings (SSSR count). The number of dihydropyridines is 1. The minimum absolute atomic E-state index is 0.00945. The standard InChI is InChI=1S/C78H82N4O9S2/c1-43(84)89-40-61-56-17-18-57-68-50(33-53(85)34-65(68)88-3)36-77-27-25-49(35-77)59-31-45-11-7-13-48(29-45)54-26-28-78(42-87-2)51(39-83)37-80-38-60-69(47(15-21-62(54)78)16-22-63-55(59)20-24-67(79)82-63)70(73(61)90-74(56)71(57)77)58-19-23-64-76(91-75(58)72(60)86)66(32-44-9-5-4-6-10-44)93-92-41-46-12-8-14-52(30-46)81-64/h4-7,9-11,13,17-20,23-24,26,28-29,33-34,46-47,49,51-52,54,59,61-62,64,66-67,73,76,80-83,85-86H,8,12,14,25,27,30-32,35-42,79H2,1-3H3/t46-,47-,49-,51+,52+,54-,59-,61+,62+,64+,66-,67?,73+,76+,77+,78-/m1/s1. The predicted octanol–water partition coefficient (Wildman–Crippen LogP) is 11.7. The highest BCUT2D eigenvalue weighted by Crippen LogP contribution is 2.65. The van der Waals surface area contributed by atoms with Crippen molar-refractivity contribution in [3.05, 3.63) is 176 Å². The van der Waals surface area contributed by atoms with Crippen molar-refractivity contribution < 1.29 is 43.8 Å². The summed E-state index contributed by atoms with van der Waals surface area (Å²) in [4.78, 5) is 13.5. The summed E-state index contributed by atoms with van der Waals surface area (Å²) < 4.78 is 34.9. The van der Waals surface area contributed by atoms with Crippen LogP contribution in [0.1, 0.15) is 131 Å². The van der Waals surface area contributed by atoms with Crippen molar-refractivity contribution in [1.29, 1.82) is 0 Å². The normalized spacial score (nSPS) is 32.8. The van der Waals surface area contributed by atoms with Gasteiger partial charge in [0.1, 0.15) is 42.0 Å². The van der Waals surface area contributed by atoms with E-state index < -0.39 is 47.0 Å². The minimum atomic E-state index is -0.898. The maximum Gasteiger partial charge on any atom is 0.302 e. The second kappa shape index (κ2) is 24.6. The summed E-state index contributed by atoms with van der Waals surface area (Å²) in [6.45, 7) is 2.10. The fourth-order valence-electron chi connectivity index (χ4n) is 18.7. The molecule has 480 valence electrons. The number of carbonyl (C=O) groups excluding carboxylic acids is 1. The van der Waals surface area contributed by atoms with E-state index in [0.29, 0.717) is 60.1 Å². The minimum Gasteiger partial charge on any atom is -0.508 e. The van der Waals surface area contributed by atoms with Crippen molar-refractivity contribution in [1.82, 2.24) is 16.0 Å². The highest BCUT2D eigenvalue weighted by Gasteiger charge is 2.55. The monoisotopic (exact) mass is 1280 g/mol. The smallest absolute Gasteiger partial charge is 0.302 e.